The summed E-state index contributed by atoms with van der Waals surface area (Å²) in [5.41, 5.74) is 3.06. The predicted octanol–water partition coefficient (Wildman–Crippen LogP) is 4.00. The van der Waals surface area contributed by atoms with Gasteiger partial charge in [0.2, 0.25) is 15.9 Å². The Morgan fingerprint density at radius 2 is 1.84 bits per heavy atom. The highest BCUT2D eigenvalue weighted by Crippen LogP contribution is 2.26. The van der Waals surface area contributed by atoms with Gasteiger partial charge in [0, 0.05) is 36.7 Å². The molecule has 0 radical (unpaired) electrons. The molecule has 4 rings (SSSR count). The van der Waals surface area contributed by atoms with Crippen LogP contribution in [0.15, 0.2) is 59.6 Å². The van der Waals surface area contributed by atoms with Gasteiger partial charge in [-0.3, -0.25) is 4.79 Å². The number of carbonyl (C=O) groups excluding carboxylic acids is 1. The van der Waals surface area contributed by atoms with Crippen LogP contribution < -0.4 is 5.32 Å². The maximum atomic E-state index is 13.0. The Labute approximate surface area is 183 Å². The number of amides is 1. The molecule has 2 aromatic carbocycles. The highest BCUT2D eigenvalue weighted by atomic mass is 32.2. The molecule has 6 nitrogen and oxygen atoms in total. The molecule has 164 valence electrons. The average molecular weight is 440 g/mol. The van der Waals surface area contributed by atoms with Crippen LogP contribution >= 0.6 is 0 Å². The van der Waals surface area contributed by atoms with E-state index in [1.165, 1.54) is 0 Å². The van der Waals surface area contributed by atoms with E-state index in [1.54, 1.807) is 22.5 Å². The molecule has 1 aliphatic rings. The topological polar surface area (TPSA) is 71.4 Å². The summed E-state index contributed by atoms with van der Waals surface area (Å²) in [5, 5.41) is 3.81. The van der Waals surface area contributed by atoms with E-state index in [4.69, 9.17) is 0 Å². The Bertz CT molecular complexity index is 1190. The molecule has 1 N–H and O–H groups in total. The van der Waals surface area contributed by atoms with E-state index in [2.05, 4.69) is 11.4 Å². The maximum absolute atomic E-state index is 13.0. The first-order valence-corrected chi connectivity index (χ1v) is 12.2. The van der Waals surface area contributed by atoms with Crippen molar-refractivity contribution in [1.82, 2.24) is 14.2 Å². The highest BCUT2D eigenvalue weighted by molar-refractivity contribution is 7.89. The molecular weight excluding hydrogens is 410 g/mol. The van der Waals surface area contributed by atoms with E-state index in [0.717, 1.165) is 41.3 Å². The Balaban J connectivity index is 1.51. The summed E-state index contributed by atoms with van der Waals surface area (Å²) in [6.07, 6.45) is 4.75. The molecule has 3 aromatic rings. The molecule has 2 heterocycles. The quantitative estimate of drug-likeness (QED) is 0.631. The molecule has 0 saturated carbocycles. The lowest BCUT2D eigenvalue weighted by Crippen LogP contribution is -2.35. The fourth-order valence-corrected chi connectivity index (χ4v) is 5.73. The summed E-state index contributed by atoms with van der Waals surface area (Å²) in [5.74, 6) is -0.0796. The van der Waals surface area contributed by atoms with E-state index in [1.807, 2.05) is 48.9 Å². The number of benzene rings is 2. The third-order valence-electron chi connectivity index (χ3n) is 5.99. The van der Waals surface area contributed by atoms with Crippen molar-refractivity contribution < 1.29 is 13.2 Å². The molecule has 1 amide bonds. The van der Waals surface area contributed by atoms with Crippen LogP contribution in [-0.2, 0) is 21.4 Å². The molecule has 31 heavy (non-hydrogen) atoms. The zero-order valence-corrected chi connectivity index (χ0v) is 18.9. The van der Waals surface area contributed by atoms with Crippen molar-refractivity contribution in [3.63, 3.8) is 0 Å². The molecule has 1 unspecified atom stereocenters. The van der Waals surface area contributed by atoms with Crippen LogP contribution in [0.25, 0.3) is 10.9 Å². The Morgan fingerprint density at radius 3 is 2.58 bits per heavy atom. The second-order valence-corrected chi connectivity index (χ2v) is 10.2. The number of hydrogen-bond donors (Lipinski definition) is 1. The number of aromatic nitrogens is 1. The minimum atomic E-state index is -3.48. The summed E-state index contributed by atoms with van der Waals surface area (Å²) < 4.78 is 29.4. The van der Waals surface area contributed by atoms with Crippen molar-refractivity contribution in [3.8, 4) is 0 Å². The first kappa shape index (κ1) is 21.6. The summed E-state index contributed by atoms with van der Waals surface area (Å²) in [4.78, 5) is 13.1. The molecule has 0 bridgehead atoms. The number of rotatable bonds is 6. The lowest BCUT2D eigenvalue weighted by Gasteiger charge is -2.26. The van der Waals surface area contributed by atoms with Crippen LogP contribution in [0.5, 0.6) is 0 Å². The zero-order chi connectivity index (χ0) is 22.0. The van der Waals surface area contributed by atoms with Gasteiger partial charge in [0.25, 0.3) is 0 Å². The van der Waals surface area contributed by atoms with Gasteiger partial charge in [-0.2, -0.15) is 4.31 Å². The van der Waals surface area contributed by atoms with Gasteiger partial charge in [-0.05, 0) is 56.5 Å². The van der Waals surface area contributed by atoms with Crippen LogP contribution in [0.1, 0.15) is 43.4 Å². The molecule has 0 aliphatic carbocycles. The number of aryl methyl sites for hydroxylation is 1. The monoisotopic (exact) mass is 439 g/mol. The van der Waals surface area contributed by atoms with Gasteiger partial charge in [0.05, 0.1) is 4.90 Å². The molecule has 1 aromatic heterocycles. The fourth-order valence-electron chi connectivity index (χ4n) is 4.18. The van der Waals surface area contributed by atoms with Crippen molar-refractivity contribution in [1.29, 1.82) is 0 Å². The van der Waals surface area contributed by atoms with Crippen molar-refractivity contribution in [2.24, 2.45) is 0 Å². The molecule has 1 saturated heterocycles. The number of sulfonamides is 1. The lowest BCUT2D eigenvalue weighted by molar-refractivity contribution is -0.123. The molecule has 7 heteroatoms. The normalized spacial score (nSPS) is 16.3. The number of nitrogens with zero attached hydrogens (tertiary/aromatic N) is 2. The van der Waals surface area contributed by atoms with E-state index in [9.17, 15) is 13.2 Å². The van der Waals surface area contributed by atoms with Crippen LogP contribution in [-0.4, -0.2) is 36.3 Å². The van der Waals surface area contributed by atoms with Crippen LogP contribution in [0.3, 0.4) is 0 Å². The standard InChI is InChI=1S/C24H29N3O3S/c1-18-7-6-8-20(15-18)17-25-24(28)19(2)27-14-11-21-16-22(9-10-23(21)27)31(29,30)26-12-4-3-5-13-26/h6-11,14-16,19H,3-5,12-13,17H2,1-2H3,(H,25,28). The largest absolute Gasteiger partial charge is 0.350 e. The summed E-state index contributed by atoms with van der Waals surface area (Å²) >= 11 is 0. The number of fused-ring (bicyclic) bond motifs is 1. The van der Waals surface area contributed by atoms with Crippen molar-refractivity contribution >= 4 is 26.8 Å². The number of carbonyl (C=O) groups is 1. The molecule has 1 aliphatic heterocycles. The molecular formula is C24H29N3O3S. The SMILES string of the molecule is Cc1cccc(CNC(=O)C(C)n2ccc3cc(S(=O)(=O)N4CCCCC4)ccc32)c1. The van der Waals surface area contributed by atoms with Gasteiger partial charge in [0.1, 0.15) is 6.04 Å². The van der Waals surface area contributed by atoms with Gasteiger partial charge in [0.15, 0.2) is 0 Å². The predicted molar refractivity (Wildman–Crippen MR) is 122 cm³/mol. The first-order chi connectivity index (χ1) is 14.9. The van der Waals surface area contributed by atoms with E-state index in [-0.39, 0.29) is 5.91 Å². The smallest absolute Gasteiger partial charge is 0.243 e. The van der Waals surface area contributed by atoms with E-state index in [0.29, 0.717) is 24.5 Å². The molecule has 1 fully saturated rings. The molecule has 1 atom stereocenters. The van der Waals surface area contributed by atoms with Crippen molar-refractivity contribution in [3.05, 3.63) is 65.9 Å². The van der Waals surface area contributed by atoms with E-state index < -0.39 is 16.1 Å². The Morgan fingerprint density at radius 1 is 1.06 bits per heavy atom. The van der Waals surface area contributed by atoms with Crippen molar-refractivity contribution in [2.45, 2.75) is 50.6 Å². The van der Waals surface area contributed by atoms with Crippen LogP contribution in [0, 0.1) is 6.92 Å². The third kappa shape index (κ3) is 4.52. The van der Waals surface area contributed by atoms with E-state index >= 15 is 0 Å². The Hall–Kier alpha value is -2.64. The highest BCUT2D eigenvalue weighted by Gasteiger charge is 2.26. The third-order valence-corrected chi connectivity index (χ3v) is 7.89. The zero-order valence-electron chi connectivity index (χ0n) is 18.0. The second kappa shape index (κ2) is 8.85. The van der Waals surface area contributed by atoms with Gasteiger partial charge in [-0.15, -0.1) is 0 Å². The summed E-state index contributed by atoms with van der Waals surface area (Å²) in [7, 11) is -3.48. The van der Waals surface area contributed by atoms with Gasteiger partial charge >= 0.3 is 0 Å². The number of hydrogen-bond acceptors (Lipinski definition) is 3. The minimum Gasteiger partial charge on any atom is -0.350 e. The van der Waals surface area contributed by atoms with Crippen LogP contribution in [0.2, 0.25) is 0 Å². The second-order valence-electron chi connectivity index (χ2n) is 8.29. The van der Waals surface area contributed by atoms with Crippen molar-refractivity contribution in [2.75, 3.05) is 13.1 Å². The summed E-state index contributed by atoms with van der Waals surface area (Å²) in [6, 6.07) is 14.7. The van der Waals surface area contributed by atoms with Gasteiger partial charge in [-0.25, -0.2) is 8.42 Å². The summed E-state index contributed by atoms with van der Waals surface area (Å²) in [6.45, 7) is 5.52. The average Bonchev–Trinajstić information content (AvgIpc) is 3.21. The number of nitrogens with one attached hydrogen (secondary N) is 1. The van der Waals surface area contributed by atoms with Crippen LogP contribution in [0.4, 0.5) is 0 Å². The fraction of sp³-hybridized carbons (Fsp3) is 0.375. The van der Waals surface area contributed by atoms with Gasteiger partial charge in [-0.1, -0.05) is 36.2 Å². The first-order valence-electron chi connectivity index (χ1n) is 10.8. The van der Waals surface area contributed by atoms with Gasteiger partial charge < -0.3 is 9.88 Å². The minimum absolute atomic E-state index is 0.0796. The maximum Gasteiger partial charge on any atom is 0.243 e. The Kier molecular flexibility index (Phi) is 6.16. The number of piperidine rings is 1. The lowest BCUT2D eigenvalue weighted by atomic mass is 10.1. The molecule has 0 spiro atoms.